The zero-order valence-electron chi connectivity index (χ0n) is 4.10. The molecule has 1 rings (SSSR count). The molecular formula is C4H7N3. The van der Waals surface area contributed by atoms with Crippen LogP contribution in [0.2, 0.25) is 0 Å². The summed E-state index contributed by atoms with van der Waals surface area (Å²) in [4.78, 5) is 0. The zero-order valence-corrected chi connectivity index (χ0v) is 4.10. The monoisotopic (exact) mass is 97.1 g/mol. The van der Waals surface area contributed by atoms with E-state index >= 15 is 0 Å². The number of nitrogens with zero attached hydrogens (tertiary/aromatic N) is 1. The highest BCUT2D eigenvalue weighted by Crippen LogP contribution is 2.00. The molecule has 1 aromatic heterocycles. The van der Waals surface area contributed by atoms with E-state index in [9.17, 15) is 0 Å². The molecule has 0 saturated carbocycles. The van der Waals surface area contributed by atoms with Gasteiger partial charge in [-0.2, -0.15) is 5.10 Å². The van der Waals surface area contributed by atoms with Crippen LogP contribution in [0.5, 0.6) is 0 Å². The number of anilines is 1. The molecule has 38 valence electrons. The summed E-state index contributed by atoms with van der Waals surface area (Å²) in [5, 5.41) is 6.39. The summed E-state index contributed by atoms with van der Waals surface area (Å²) in [6.45, 7) is 1.85. The van der Waals surface area contributed by atoms with E-state index in [2.05, 4.69) is 10.2 Å². The molecule has 0 radical (unpaired) electrons. The van der Waals surface area contributed by atoms with Gasteiger partial charge in [0.1, 0.15) is 0 Å². The van der Waals surface area contributed by atoms with E-state index in [-0.39, 0.29) is 0 Å². The Labute approximate surface area is 41.5 Å². The van der Waals surface area contributed by atoms with E-state index in [1.165, 1.54) is 0 Å². The molecule has 0 aromatic carbocycles. The van der Waals surface area contributed by atoms with Crippen molar-refractivity contribution in [3.8, 4) is 0 Å². The molecule has 0 aliphatic heterocycles. The number of rotatable bonds is 0. The first-order valence-corrected chi connectivity index (χ1v) is 2.06. The molecule has 3 nitrogen and oxygen atoms in total. The van der Waals surface area contributed by atoms with Crippen molar-refractivity contribution in [3.05, 3.63) is 11.9 Å². The third kappa shape index (κ3) is 0.559. The molecular weight excluding hydrogens is 90.1 g/mol. The molecule has 0 unspecified atom stereocenters. The van der Waals surface area contributed by atoms with Crippen LogP contribution in [0.4, 0.5) is 5.69 Å². The summed E-state index contributed by atoms with van der Waals surface area (Å²) in [5.41, 5.74) is 6.93. The Balaban J connectivity index is 3.12. The Morgan fingerprint density at radius 3 is 2.71 bits per heavy atom. The summed E-state index contributed by atoms with van der Waals surface area (Å²) >= 11 is 0. The molecule has 1 heterocycles. The third-order valence-corrected chi connectivity index (χ3v) is 0.870. The number of nitrogens with one attached hydrogen (secondary N) is 1. The molecule has 3 heteroatoms. The Morgan fingerprint density at radius 1 is 1.86 bits per heavy atom. The van der Waals surface area contributed by atoms with Crippen LogP contribution in [0.15, 0.2) is 6.20 Å². The van der Waals surface area contributed by atoms with Crippen molar-refractivity contribution in [3.63, 3.8) is 0 Å². The Kier molecular flexibility index (Phi) is 0.749. The van der Waals surface area contributed by atoms with Gasteiger partial charge in [0.25, 0.3) is 0 Å². The minimum Gasteiger partial charge on any atom is -0.396 e. The van der Waals surface area contributed by atoms with Gasteiger partial charge in [-0.3, -0.25) is 5.10 Å². The predicted octanol–water partition coefficient (Wildman–Crippen LogP) is 0.300. The van der Waals surface area contributed by atoms with Crippen LogP contribution in [-0.2, 0) is 0 Å². The number of aromatic amines is 1. The van der Waals surface area contributed by atoms with Crippen LogP contribution in [0, 0.1) is 6.92 Å². The van der Waals surface area contributed by atoms with Crippen LogP contribution in [0.3, 0.4) is 0 Å². The lowest BCUT2D eigenvalue weighted by Gasteiger charge is -1.78. The van der Waals surface area contributed by atoms with Crippen LogP contribution < -0.4 is 5.73 Å². The zero-order chi connectivity index (χ0) is 5.28. The molecule has 7 heavy (non-hydrogen) atoms. The molecule has 0 aliphatic carbocycles. The van der Waals surface area contributed by atoms with Crippen LogP contribution in [-0.4, -0.2) is 10.2 Å². The van der Waals surface area contributed by atoms with Gasteiger partial charge in [-0.1, -0.05) is 0 Å². The number of nitrogens with two attached hydrogens (primary N) is 1. The number of H-pyrrole nitrogens is 1. The first-order valence-electron chi connectivity index (χ1n) is 2.06. The lowest BCUT2D eigenvalue weighted by atomic mass is 10.4. The van der Waals surface area contributed by atoms with Gasteiger partial charge in [0.05, 0.1) is 11.4 Å². The Hall–Kier alpha value is -0.990. The van der Waals surface area contributed by atoms with Gasteiger partial charge in [-0.25, -0.2) is 0 Å². The van der Waals surface area contributed by atoms with E-state index in [1.54, 1.807) is 6.20 Å². The standard InChI is InChI=1S/C4H7N3/c1-3-4(5)2-6-7-3/h2H,5H2,1H3,(H,6,7). The summed E-state index contributed by atoms with van der Waals surface area (Å²) in [5.74, 6) is 0. The average molecular weight is 97.1 g/mol. The molecule has 0 aliphatic rings. The second kappa shape index (κ2) is 1.26. The first kappa shape index (κ1) is 4.18. The topological polar surface area (TPSA) is 54.7 Å². The van der Waals surface area contributed by atoms with Crippen molar-refractivity contribution in [1.82, 2.24) is 10.2 Å². The van der Waals surface area contributed by atoms with Gasteiger partial charge in [0, 0.05) is 6.20 Å². The van der Waals surface area contributed by atoms with Crippen LogP contribution in [0.1, 0.15) is 5.69 Å². The fourth-order valence-corrected chi connectivity index (χ4v) is 0.368. The minimum absolute atomic E-state index is 0.722. The predicted molar refractivity (Wildman–Crippen MR) is 27.7 cm³/mol. The van der Waals surface area contributed by atoms with Gasteiger partial charge < -0.3 is 5.73 Å². The lowest BCUT2D eigenvalue weighted by molar-refractivity contribution is 1.05. The molecule has 0 saturated heterocycles. The van der Waals surface area contributed by atoms with E-state index in [1.807, 2.05) is 6.92 Å². The van der Waals surface area contributed by atoms with E-state index in [0.717, 1.165) is 11.4 Å². The summed E-state index contributed by atoms with van der Waals surface area (Å²) < 4.78 is 0. The van der Waals surface area contributed by atoms with Crippen LogP contribution >= 0.6 is 0 Å². The maximum atomic E-state index is 5.35. The van der Waals surface area contributed by atoms with Crippen molar-refractivity contribution >= 4 is 5.69 Å². The second-order valence-electron chi connectivity index (χ2n) is 1.43. The third-order valence-electron chi connectivity index (χ3n) is 0.870. The maximum Gasteiger partial charge on any atom is 0.0820 e. The first-order chi connectivity index (χ1) is 3.30. The number of aromatic nitrogens is 2. The molecule has 0 bridgehead atoms. The molecule has 0 amide bonds. The van der Waals surface area contributed by atoms with Crippen LogP contribution in [0.25, 0.3) is 0 Å². The van der Waals surface area contributed by atoms with Gasteiger partial charge in [0.15, 0.2) is 0 Å². The molecule has 0 spiro atoms. The molecule has 0 atom stereocenters. The van der Waals surface area contributed by atoms with Gasteiger partial charge >= 0.3 is 0 Å². The maximum absolute atomic E-state index is 5.35. The second-order valence-corrected chi connectivity index (χ2v) is 1.43. The Morgan fingerprint density at radius 2 is 2.57 bits per heavy atom. The van der Waals surface area contributed by atoms with Gasteiger partial charge in [-0.15, -0.1) is 0 Å². The molecule has 0 fully saturated rings. The fourth-order valence-electron chi connectivity index (χ4n) is 0.368. The summed E-state index contributed by atoms with van der Waals surface area (Å²) in [7, 11) is 0. The largest absolute Gasteiger partial charge is 0.396 e. The highest BCUT2D eigenvalue weighted by molar-refractivity contribution is 5.38. The number of nitrogen functional groups attached to an aromatic ring is 1. The quantitative estimate of drug-likeness (QED) is 0.489. The minimum atomic E-state index is 0.722. The molecule has 3 N–H and O–H groups in total. The van der Waals surface area contributed by atoms with Gasteiger partial charge in [0.2, 0.25) is 0 Å². The smallest absolute Gasteiger partial charge is 0.0820 e. The number of aryl methyl sites for hydroxylation is 1. The number of hydrogen-bond donors (Lipinski definition) is 2. The normalized spacial score (nSPS) is 9.29. The fraction of sp³-hybridized carbons (Fsp3) is 0.250. The lowest BCUT2D eigenvalue weighted by Crippen LogP contribution is -1.82. The summed E-state index contributed by atoms with van der Waals surface area (Å²) in [6.07, 6.45) is 1.66. The highest BCUT2D eigenvalue weighted by atomic mass is 15.1. The van der Waals surface area contributed by atoms with Crippen molar-refractivity contribution in [2.24, 2.45) is 0 Å². The van der Waals surface area contributed by atoms with E-state index < -0.39 is 0 Å². The van der Waals surface area contributed by atoms with Crippen molar-refractivity contribution in [2.45, 2.75) is 6.92 Å². The highest BCUT2D eigenvalue weighted by Gasteiger charge is 1.88. The van der Waals surface area contributed by atoms with E-state index in [4.69, 9.17) is 5.73 Å². The number of hydrogen-bond acceptors (Lipinski definition) is 2. The van der Waals surface area contributed by atoms with Gasteiger partial charge in [-0.05, 0) is 6.92 Å². The summed E-state index contributed by atoms with van der Waals surface area (Å²) in [6, 6.07) is 0. The van der Waals surface area contributed by atoms with Crippen molar-refractivity contribution in [1.29, 1.82) is 0 Å². The van der Waals surface area contributed by atoms with E-state index in [0.29, 0.717) is 0 Å². The van der Waals surface area contributed by atoms with Crippen molar-refractivity contribution in [2.75, 3.05) is 5.73 Å². The average Bonchev–Trinajstić information content (AvgIpc) is 1.91. The van der Waals surface area contributed by atoms with Crippen molar-refractivity contribution < 1.29 is 0 Å². The Bertz CT molecular complexity index is 139. The SMILES string of the molecule is Cc1n[nH]cc1N. The molecule has 1 aromatic rings.